The Morgan fingerprint density at radius 1 is 1.29 bits per heavy atom. The van der Waals surface area contributed by atoms with Gasteiger partial charge < -0.3 is 14.2 Å². The predicted molar refractivity (Wildman–Crippen MR) is 89.9 cm³/mol. The maximum atomic E-state index is 12.7. The van der Waals surface area contributed by atoms with E-state index in [4.69, 9.17) is 4.42 Å². The number of hydrogen-bond donors (Lipinski definition) is 0. The van der Waals surface area contributed by atoms with Crippen LogP contribution in [0.2, 0.25) is 0 Å². The van der Waals surface area contributed by atoms with Crippen molar-refractivity contribution >= 4 is 11.8 Å². The van der Waals surface area contributed by atoms with Crippen LogP contribution in [0.15, 0.2) is 53.1 Å². The van der Waals surface area contributed by atoms with E-state index in [1.54, 1.807) is 23.1 Å². The highest BCUT2D eigenvalue weighted by Crippen LogP contribution is 2.26. The summed E-state index contributed by atoms with van der Waals surface area (Å²) in [7, 11) is 1.76. The summed E-state index contributed by atoms with van der Waals surface area (Å²) in [6, 6.07) is 13.4. The van der Waals surface area contributed by atoms with Crippen LogP contribution in [-0.2, 0) is 16.1 Å². The fourth-order valence-corrected chi connectivity index (χ4v) is 3.09. The highest BCUT2D eigenvalue weighted by Gasteiger charge is 2.37. The molecule has 2 unspecified atom stereocenters. The molecule has 0 radical (unpaired) electrons. The fraction of sp³-hybridized carbons (Fsp3) is 0.368. The van der Waals surface area contributed by atoms with Crippen LogP contribution >= 0.6 is 0 Å². The van der Waals surface area contributed by atoms with Gasteiger partial charge in [0.1, 0.15) is 5.76 Å². The van der Waals surface area contributed by atoms with E-state index in [1.807, 2.05) is 49.4 Å². The zero-order valence-electron chi connectivity index (χ0n) is 14.0. The summed E-state index contributed by atoms with van der Waals surface area (Å²) < 4.78 is 5.38. The second-order valence-corrected chi connectivity index (χ2v) is 6.30. The number of benzene rings is 1. The van der Waals surface area contributed by atoms with Gasteiger partial charge in [-0.25, -0.2) is 0 Å². The highest BCUT2D eigenvalue weighted by atomic mass is 16.3. The molecule has 3 rings (SSSR count). The van der Waals surface area contributed by atoms with Crippen molar-refractivity contribution in [2.45, 2.75) is 25.9 Å². The van der Waals surface area contributed by atoms with Crippen LogP contribution < -0.4 is 0 Å². The lowest BCUT2D eigenvalue weighted by atomic mass is 10.1. The normalized spacial score (nSPS) is 18.7. The smallest absolute Gasteiger partial charge is 0.228 e. The van der Waals surface area contributed by atoms with Gasteiger partial charge in [0.2, 0.25) is 11.8 Å². The minimum absolute atomic E-state index is 0.0113. The molecule has 2 aromatic rings. The maximum absolute atomic E-state index is 12.7. The second-order valence-electron chi connectivity index (χ2n) is 6.30. The molecule has 0 N–H and O–H groups in total. The first kappa shape index (κ1) is 16.3. The van der Waals surface area contributed by atoms with Gasteiger partial charge >= 0.3 is 0 Å². The number of rotatable bonds is 5. The Balaban J connectivity index is 1.63. The van der Waals surface area contributed by atoms with Crippen LogP contribution in [0.4, 0.5) is 0 Å². The number of likely N-dealkylation sites (tertiary alicyclic amines) is 1. The van der Waals surface area contributed by atoms with Crippen LogP contribution in [0.25, 0.3) is 0 Å². The van der Waals surface area contributed by atoms with Gasteiger partial charge in [0.25, 0.3) is 0 Å². The van der Waals surface area contributed by atoms with Crippen molar-refractivity contribution in [2.75, 3.05) is 13.6 Å². The Morgan fingerprint density at radius 3 is 2.71 bits per heavy atom. The third-order valence-electron chi connectivity index (χ3n) is 4.66. The Labute approximate surface area is 141 Å². The third kappa shape index (κ3) is 3.35. The molecule has 1 saturated heterocycles. The van der Waals surface area contributed by atoms with Gasteiger partial charge in [0.05, 0.1) is 18.2 Å². The van der Waals surface area contributed by atoms with Gasteiger partial charge in [-0.3, -0.25) is 9.59 Å². The van der Waals surface area contributed by atoms with Crippen LogP contribution in [0.5, 0.6) is 0 Å². The van der Waals surface area contributed by atoms with Crippen LogP contribution in [0, 0.1) is 5.92 Å². The van der Waals surface area contributed by atoms with Crippen LogP contribution in [-0.4, -0.2) is 35.2 Å². The zero-order chi connectivity index (χ0) is 17.1. The average Bonchev–Trinajstić information content (AvgIpc) is 3.24. The van der Waals surface area contributed by atoms with E-state index in [0.29, 0.717) is 13.1 Å². The van der Waals surface area contributed by atoms with E-state index in [9.17, 15) is 9.59 Å². The first-order valence-electron chi connectivity index (χ1n) is 8.18. The lowest BCUT2D eigenvalue weighted by Gasteiger charge is -2.26. The van der Waals surface area contributed by atoms with Crippen molar-refractivity contribution in [3.63, 3.8) is 0 Å². The fourth-order valence-electron chi connectivity index (χ4n) is 3.09. The minimum atomic E-state index is -0.288. The number of carbonyl (C=O) groups excluding carboxylic acids is 2. The van der Waals surface area contributed by atoms with Gasteiger partial charge in [-0.2, -0.15) is 0 Å². The van der Waals surface area contributed by atoms with Gasteiger partial charge in [0, 0.05) is 26.6 Å². The molecule has 0 saturated carbocycles. The molecule has 5 heteroatoms. The molecule has 1 aromatic carbocycles. The maximum Gasteiger partial charge on any atom is 0.228 e. The van der Waals surface area contributed by atoms with Crippen molar-refractivity contribution in [3.8, 4) is 0 Å². The summed E-state index contributed by atoms with van der Waals surface area (Å²) in [5, 5.41) is 0. The zero-order valence-corrected chi connectivity index (χ0v) is 14.0. The lowest BCUT2D eigenvalue weighted by Crippen LogP contribution is -2.36. The molecule has 0 bridgehead atoms. The molecule has 1 fully saturated rings. The van der Waals surface area contributed by atoms with E-state index >= 15 is 0 Å². The third-order valence-corrected chi connectivity index (χ3v) is 4.66. The Kier molecular flexibility index (Phi) is 4.69. The number of hydrogen-bond acceptors (Lipinski definition) is 3. The molecule has 0 aliphatic carbocycles. The predicted octanol–water partition coefficient (Wildman–Crippen LogP) is 2.85. The Morgan fingerprint density at radius 2 is 2.04 bits per heavy atom. The van der Waals surface area contributed by atoms with Gasteiger partial charge in [-0.05, 0) is 24.6 Å². The summed E-state index contributed by atoms with van der Waals surface area (Å²) in [5.41, 5.74) is 1.08. The minimum Gasteiger partial charge on any atom is -0.467 e. The lowest BCUT2D eigenvalue weighted by molar-refractivity contribution is -0.136. The second kappa shape index (κ2) is 6.91. The molecule has 1 aliphatic rings. The van der Waals surface area contributed by atoms with Gasteiger partial charge in [0.15, 0.2) is 0 Å². The highest BCUT2D eigenvalue weighted by molar-refractivity contribution is 5.89. The first-order valence-corrected chi connectivity index (χ1v) is 8.18. The standard InChI is InChI=1S/C19H22N2O3/c1-14(17-9-6-10-24-17)20(2)19(23)16-11-18(22)21(13-16)12-15-7-4-3-5-8-15/h3-10,14,16H,11-13H2,1-2H3. The molecule has 2 atom stereocenters. The molecule has 5 nitrogen and oxygen atoms in total. The molecular weight excluding hydrogens is 304 g/mol. The molecule has 126 valence electrons. The molecule has 1 aromatic heterocycles. The summed E-state index contributed by atoms with van der Waals surface area (Å²) in [6.07, 6.45) is 1.88. The SMILES string of the molecule is CC(c1ccco1)N(C)C(=O)C1CC(=O)N(Cc2ccccc2)C1. The monoisotopic (exact) mass is 326 g/mol. The van der Waals surface area contributed by atoms with Crippen molar-refractivity contribution in [1.82, 2.24) is 9.80 Å². The van der Waals surface area contributed by atoms with Crippen LogP contribution in [0.3, 0.4) is 0 Å². The largest absolute Gasteiger partial charge is 0.467 e. The quantitative estimate of drug-likeness (QED) is 0.849. The molecule has 0 spiro atoms. The van der Waals surface area contributed by atoms with Crippen LogP contribution in [0.1, 0.15) is 30.7 Å². The number of amides is 2. The van der Waals surface area contributed by atoms with E-state index in [2.05, 4.69) is 0 Å². The van der Waals surface area contributed by atoms with E-state index in [1.165, 1.54) is 0 Å². The van der Waals surface area contributed by atoms with Crippen molar-refractivity contribution in [2.24, 2.45) is 5.92 Å². The van der Waals surface area contributed by atoms with Gasteiger partial charge in [-0.1, -0.05) is 30.3 Å². The average molecular weight is 326 g/mol. The van der Waals surface area contributed by atoms with E-state index < -0.39 is 0 Å². The molecular formula is C19H22N2O3. The van der Waals surface area contributed by atoms with E-state index in [-0.39, 0.29) is 30.2 Å². The van der Waals surface area contributed by atoms with Gasteiger partial charge in [-0.15, -0.1) is 0 Å². The molecule has 2 amide bonds. The molecule has 1 aliphatic heterocycles. The molecule has 24 heavy (non-hydrogen) atoms. The van der Waals surface area contributed by atoms with Crippen molar-refractivity contribution in [3.05, 3.63) is 60.1 Å². The summed E-state index contributed by atoms with van der Waals surface area (Å²) >= 11 is 0. The summed E-state index contributed by atoms with van der Waals surface area (Å²) in [6.45, 7) is 2.96. The topological polar surface area (TPSA) is 53.8 Å². The molecule has 2 heterocycles. The van der Waals surface area contributed by atoms with E-state index in [0.717, 1.165) is 11.3 Å². The summed E-state index contributed by atoms with van der Waals surface area (Å²) in [4.78, 5) is 28.4. The number of carbonyl (C=O) groups is 2. The van der Waals surface area contributed by atoms with Crippen molar-refractivity contribution in [1.29, 1.82) is 0 Å². The number of nitrogens with zero attached hydrogens (tertiary/aromatic N) is 2. The van der Waals surface area contributed by atoms with Crippen molar-refractivity contribution < 1.29 is 14.0 Å². The number of furan rings is 1. The Bertz CT molecular complexity index is 697. The Hall–Kier alpha value is -2.56. The first-order chi connectivity index (χ1) is 11.6. The summed E-state index contributed by atoms with van der Waals surface area (Å²) in [5.74, 6) is 0.485.